The van der Waals surface area contributed by atoms with Crippen LogP contribution in [0.25, 0.3) is 0 Å². The number of methoxy groups -OCH3 is 1. The van der Waals surface area contributed by atoms with Crippen LogP contribution in [0.1, 0.15) is 11.6 Å². The zero-order valence-electron chi connectivity index (χ0n) is 13.9. The number of aliphatic imine (C=N–C) groups is 1. The molecule has 23 heavy (non-hydrogen) atoms. The monoisotopic (exact) mass is 312 g/mol. The van der Waals surface area contributed by atoms with Gasteiger partial charge in [0.05, 0.1) is 19.7 Å². The number of hydrogen-bond acceptors (Lipinski definition) is 3. The van der Waals surface area contributed by atoms with E-state index in [-0.39, 0.29) is 6.04 Å². The third kappa shape index (κ3) is 5.00. The topological polar surface area (TPSA) is 62.9 Å². The van der Waals surface area contributed by atoms with Gasteiger partial charge >= 0.3 is 0 Å². The molecule has 2 aromatic rings. The minimum atomic E-state index is 0.150. The van der Waals surface area contributed by atoms with Crippen LogP contribution in [-0.2, 0) is 0 Å². The van der Waals surface area contributed by atoms with Crippen molar-refractivity contribution < 1.29 is 4.74 Å². The molecule has 2 rings (SSSR count). The van der Waals surface area contributed by atoms with Crippen LogP contribution in [0.5, 0.6) is 5.75 Å². The third-order valence-corrected chi connectivity index (χ3v) is 3.60. The summed E-state index contributed by atoms with van der Waals surface area (Å²) in [6.45, 7) is 0.574. The number of guanidine groups is 1. The van der Waals surface area contributed by atoms with Gasteiger partial charge in [-0.3, -0.25) is 4.99 Å². The maximum absolute atomic E-state index is 5.98. The number of para-hydroxylation sites is 1. The van der Waals surface area contributed by atoms with Gasteiger partial charge in [-0.2, -0.15) is 0 Å². The van der Waals surface area contributed by atoms with Gasteiger partial charge in [-0.05, 0) is 43.9 Å². The molecule has 1 atom stereocenters. The molecule has 0 saturated heterocycles. The highest BCUT2D eigenvalue weighted by Gasteiger charge is 2.13. The summed E-state index contributed by atoms with van der Waals surface area (Å²) in [5.41, 5.74) is 8.08. The molecule has 0 heterocycles. The van der Waals surface area contributed by atoms with Gasteiger partial charge < -0.3 is 20.7 Å². The molecule has 0 amide bonds. The minimum Gasteiger partial charge on any atom is -0.497 e. The minimum absolute atomic E-state index is 0.150. The predicted molar refractivity (Wildman–Crippen MR) is 96.0 cm³/mol. The van der Waals surface area contributed by atoms with Gasteiger partial charge in [0.15, 0.2) is 5.96 Å². The van der Waals surface area contributed by atoms with E-state index in [0.717, 1.165) is 11.4 Å². The standard InChI is InChI=1S/C18H24N4O/c1-22(2)17(14-9-11-16(23-3)12-10-14)13-20-18(19)21-15-7-5-4-6-8-15/h4-12,17H,13H2,1-3H3,(H3,19,20,21). The van der Waals surface area contributed by atoms with Gasteiger partial charge in [-0.25, -0.2) is 0 Å². The summed E-state index contributed by atoms with van der Waals surface area (Å²) in [7, 11) is 5.73. The van der Waals surface area contributed by atoms with E-state index >= 15 is 0 Å². The van der Waals surface area contributed by atoms with Gasteiger partial charge in [0, 0.05) is 5.69 Å². The average Bonchev–Trinajstić information content (AvgIpc) is 2.56. The van der Waals surface area contributed by atoms with Crippen LogP contribution in [0.4, 0.5) is 5.69 Å². The van der Waals surface area contributed by atoms with E-state index in [2.05, 4.69) is 27.3 Å². The summed E-state index contributed by atoms with van der Waals surface area (Å²) >= 11 is 0. The fraction of sp³-hybridized carbons (Fsp3) is 0.278. The van der Waals surface area contributed by atoms with Crippen LogP contribution in [0.3, 0.4) is 0 Å². The average molecular weight is 312 g/mol. The Balaban J connectivity index is 2.05. The number of nitrogens with one attached hydrogen (secondary N) is 1. The Morgan fingerprint density at radius 3 is 2.35 bits per heavy atom. The van der Waals surface area contributed by atoms with Gasteiger partial charge in [0.2, 0.25) is 0 Å². The number of nitrogens with two attached hydrogens (primary N) is 1. The molecular weight excluding hydrogens is 288 g/mol. The number of anilines is 1. The first-order valence-corrected chi connectivity index (χ1v) is 7.52. The Morgan fingerprint density at radius 2 is 1.78 bits per heavy atom. The molecule has 0 aliphatic rings. The molecule has 0 aromatic heterocycles. The van der Waals surface area contributed by atoms with Crippen LogP contribution in [0, 0.1) is 0 Å². The summed E-state index contributed by atoms with van der Waals surface area (Å²) in [6, 6.07) is 18.0. The Kier molecular flexibility index (Phi) is 6.00. The predicted octanol–water partition coefficient (Wildman–Crippen LogP) is 2.72. The molecule has 0 bridgehead atoms. The second-order valence-electron chi connectivity index (χ2n) is 5.47. The second-order valence-corrected chi connectivity index (χ2v) is 5.47. The summed E-state index contributed by atoms with van der Waals surface area (Å²) in [6.07, 6.45) is 0. The lowest BCUT2D eigenvalue weighted by Crippen LogP contribution is -2.27. The fourth-order valence-electron chi connectivity index (χ4n) is 2.29. The molecule has 0 fully saturated rings. The van der Waals surface area contributed by atoms with Crippen molar-refractivity contribution in [2.24, 2.45) is 10.7 Å². The molecule has 3 N–H and O–H groups in total. The van der Waals surface area contributed by atoms with Crippen molar-refractivity contribution in [3.8, 4) is 5.75 Å². The number of ether oxygens (including phenoxy) is 1. The van der Waals surface area contributed by atoms with E-state index in [9.17, 15) is 0 Å². The Bertz CT molecular complexity index is 623. The zero-order valence-corrected chi connectivity index (χ0v) is 13.9. The van der Waals surface area contributed by atoms with Crippen LogP contribution < -0.4 is 15.8 Å². The number of hydrogen-bond donors (Lipinski definition) is 2. The quantitative estimate of drug-likeness (QED) is 0.636. The lowest BCUT2D eigenvalue weighted by atomic mass is 10.1. The molecule has 122 valence electrons. The first-order valence-electron chi connectivity index (χ1n) is 7.52. The SMILES string of the molecule is COc1ccc(C(CN=C(N)Nc2ccccc2)N(C)C)cc1. The van der Waals surface area contributed by atoms with Crippen molar-refractivity contribution in [3.63, 3.8) is 0 Å². The molecule has 1 unspecified atom stereocenters. The van der Waals surface area contributed by atoms with Crippen LogP contribution >= 0.6 is 0 Å². The van der Waals surface area contributed by atoms with Crippen LogP contribution in [0.2, 0.25) is 0 Å². The summed E-state index contributed by atoms with van der Waals surface area (Å²) in [5.74, 6) is 1.26. The second kappa shape index (κ2) is 8.19. The van der Waals surface area contributed by atoms with Gasteiger partial charge in [-0.1, -0.05) is 30.3 Å². The van der Waals surface area contributed by atoms with Crippen molar-refractivity contribution in [2.75, 3.05) is 33.1 Å². The molecule has 0 saturated carbocycles. The highest BCUT2D eigenvalue weighted by molar-refractivity contribution is 5.92. The fourth-order valence-corrected chi connectivity index (χ4v) is 2.29. The maximum atomic E-state index is 5.98. The molecule has 5 nitrogen and oxygen atoms in total. The highest BCUT2D eigenvalue weighted by Crippen LogP contribution is 2.21. The third-order valence-electron chi connectivity index (χ3n) is 3.60. The van der Waals surface area contributed by atoms with Crippen LogP contribution in [0.15, 0.2) is 59.6 Å². The highest BCUT2D eigenvalue weighted by atomic mass is 16.5. The van der Waals surface area contributed by atoms with Crippen molar-refractivity contribution in [1.29, 1.82) is 0 Å². The Morgan fingerprint density at radius 1 is 1.13 bits per heavy atom. The number of benzene rings is 2. The van der Waals surface area contributed by atoms with E-state index in [1.54, 1.807) is 7.11 Å². The lowest BCUT2D eigenvalue weighted by Gasteiger charge is -2.23. The summed E-state index contributed by atoms with van der Waals surface area (Å²) in [5, 5.41) is 3.10. The van der Waals surface area contributed by atoms with E-state index in [0.29, 0.717) is 12.5 Å². The molecule has 0 spiro atoms. The largest absolute Gasteiger partial charge is 0.497 e. The number of likely N-dealkylation sites (N-methyl/N-ethyl adjacent to an activating group) is 1. The van der Waals surface area contributed by atoms with E-state index in [4.69, 9.17) is 10.5 Å². The molecule has 0 aliphatic heterocycles. The van der Waals surface area contributed by atoms with Crippen molar-refractivity contribution in [2.45, 2.75) is 6.04 Å². The van der Waals surface area contributed by atoms with Crippen molar-refractivity contribution in [3.05, 3.63) is 60.2 Å². The lowest BCUT2D eigenvalue weighted by molar-refractivity contribution is 0.306. The maximum Gasteiger partial charge on any atom is 0.193 e. The van der Waals surface area contributed by atoms with E-state index < -0.39 is 0 Å². The Labute approximate surface area is 137 Å². The van der Waals surface area contributed by atoms with Crippen molar-refractivity contribution in [1.82, 2.24) is 4.90 Å². The van der Waals surface area contributed by atoms with Gasteiger partial charge in [-0.15, -0.1) is 0 Å². The van der Waals surface area contributed by atoms with E-state index in [1.807, 2.05) is 56.6 Å². The molecule has 0 aliphatic carbocycles. The first kappa shape index (κ1) is 16.8. The number of nitrogens with zero attached hydrogens (tertiary/aromatic N) is 2. The Hall–Kier alpha value is -2.53. The van der Waals surface area contributed by atoms with Gasteiger partial charge in [0.25, 0.3) is 0 Å². The summed E-state index contributed by atoms with van der Waals surface area (Å²) in [4.78, 5) is 6.60. The molecule has 2 aromatic carbocycles. The zero-order chi connectivity index (χ0) is 16.7. The molecule has 5 heteroatoms. The molecular formula is C18H24N4O. The number of rotatable bonds is 6. The van der Waals surface area contributed by atoms with E-state index in [1.165, 1.54) is 5.56 Å². The summed E-state index contributed by atoms with van der Waals surface area (Å²) < 4.78 is 5.20. The van der Waals surface area contributed by atoms with Gasteiger partial charge in [0.1, 0.15) is 5.75 Å². The van der Waals surface area contributed by atoms with Crippen LogP contribution in [-0.4, -0.2) is 38.6 Å². The molecule has 0 radical (unpaired) electrons. The van der Waals surface area contributed by atoms with Crippen molar-refractivity contribution >= 4 is 11.6 Å². The normalized spacial score (nSPS) is 13.0. The smallest absolute Gasteiger partial charge is 0.193 e. The first-order chi connectivity index (χ1) is 11.1.